The number of nitrogens with two attached hydrogens (primary N) is 1. The summed E-state index contributed by atoms with van der Waals surface area (Å²) in [5, 5.41) is 37.2. The number of Topliss-reactive ketones (excluding diaryl/α,β-unsaturated/α-hetero) is 2. The van der Waals surface area contributed by atoms with Crippen LogP contribution in [0.15, 0.2) is 47.6 Å². The van der Waals surface area contributed by atoms with E-state index in [0.717, 1.165) is 18.6 Å². The van der Waals surface area contributed by atoms with Crippen molar-refractivity contribution in [3.63, 3.8) is 0 Å². The van der Waals surface area contributed by atoms with Gasteiger partial charge in [-0.05, 0) is 126 Å². The molecule has 1 saturated carbocycles. The lowest BCUT2D eigenvalue weighted by molar-refractivity contribution is -0.265. The number of nitrogens with one attached hydrogen (secondary N) is 1. The molecule has 4 aliphatic rings. The third kappa shape index (κ3) is 22.9. The van der Waals surface area contributed by atoms with Crippen molar-refractivity contribution in [3.8, 4) is 0 Å². The van der Waals surface area contributed by atoms with Gasteiger partial charge in [0.25, 0.3) is 11.7 Å². The number of hydrogen-bond donors (Lipinski definition) is 5. The summed E-state index contributed by atoms with van der Waals surface area (Å²) in [5.74, 6) is -7.32. The molecule has 2 bridgehead atoms. The summed E-state index contributed by atoms with van der Waals surface area (Å²) >= 11 is 0. The Hall–Kier alpha value is -3.93. The van der Waals surface area contributed by atoms with Crippen LogP contribution >= 0.6 is 0 Å². The van der Waals surface area contributed by atoms with Crippen molar-refractivity contribution in [3.05, 3.63) is 47.6 Å². The van der Waals surface area contributed by atoms with Gasteiger partial charge in [-0.15, -0.1) is 0 Å². The van der Waals surface area contributed by atoms with E-state index in [1.807, 2.05) is 51.2 Å². The topological polar surface area (TPSA) is 270 Å². The average Bonchev–Trinajstić information content (AvgIpc) is 3.58. The number of cyclic esters (lactones) is 1. The van der Waals surface area contributed by atoms with E-state index in [2.05, 4.69) is 12.2 Å². The van der Waals surface area contributed by atoms with Crippen molar-refractivity contribution in [1.29, 1.82) is 0 Å². The molecule has 0 aromatic carbocycles. The first kappa shape index (κ1) is 69.6. The molecule has 3 heterocycles. The second-order valence-electron chi connectivity index (χ2n) is 22.9. The van der Waals surface area contributed by atoms with E-state index in [4.69, 9.17) is 48.4 Å². The van der Waals surface area contributed by atoms with E-state index in [-0.39, 0.29) is 50.3 Å². The summed E-state index contributed by atoms with van der Waals surface area (Å²) in [7, 11) is 3.13. The number of allylic oxidation sites excluding steroid dienone is 6. The van der Waals surface area contributed by atoms with Crippen molar-refractivity contribution in [2.45, 2.75) is 199 Å². The van der Waals surface area contributed by atoms with Gasteiger partial charge in [-0.2, -0.15) is 0 Å². The van der Waals surface area contributed by atoms with E-state index in [9.17, 15) is 39.3 Å². The zero-order valence-electron chi connectivity index (χ0n) is 50.1. The molecule has 3 fully saturated rings. The van der Waals surface area contributed by atoms with Crippen molar-refractivity contribution in [2.24, 2.45) is 35.3 Å². The van der Waals surface area contributed by atoms with Gasteiger partial charge in [0.2, 0.25) is 5.79 Å². The molecule has 0 aromatic heterocycles. The fourth-order valence-corrected chi connectivity index (χ4v) is 11.3. The van der Waals surface area contributed by atoms with Crippen LogP contribution in [-0.2, 0) is 61.8 Å². The number of esters is 1. The first-order valence-electron chi connectivity index (χ1n) is 29.9. The quantitative estimate of drug-likeness (QED) is 0.0390. The molecule has 20 heteroatoms. The maximum atomic E-state index is 14.5. The molecular formula is C61H101N3O17. The van der Waals surface area contributed by atoms with Crippen molar-refractivity contribution >= 4 is 29.5 Å². The van der Waals surface area contributed by atoms with Gasteiger partial charge in [0.05, 0.1) is 64.6 Å². The number of nitrogens with zero attached hydrogens (tertiary/aromatic N) is 1. The highest BCUT2D eigenvalue weighted by Crippen LogP contribution is 2.37. The Morgan fingerprint density at radius 1 is 0.765 bits per heavy atom. The van der Waals surface area contributed by atoms with Crippen LogP contribution in [0.1, 0.15) is 138 Å². The molecule has 6 N–H and O–H groups in total. The van der Waals surface area contributed by atoms with Crippen LogP contribution in [0.3, 0.4) is 0 Å². The van der Waals surface area contributed by atoms with Crippen molar-refractivity contribution < 1.29 is 81.9 Å². The molecule has 1 aliphatic carbocycles. The lowest BCUT2D eigenvalue weighted by Gasteiger charge is -2.42. The minimum atomic E-state index is -2.44. The van der Waals surface area contributed by atoms with Crippen LogP contribution in [0.25, 0.3) is 0 Å². The molecule has 2 saturated heterocycles. The zero-order valence-corrected chi connectivity index (χ0v) is 50.1. The smallest absolute Gasteiger partial charge is 0.407 e. The number of rotatable bonds is 20. The number of ether oxygens (including phenoxy) is 9. The fourth-order valence-electron chi connectivity index (χ4n) is 11.3. The molecule has 15 atom stereocenters. The van der Waals surface area contributed by atoms with Gasteiger partial charge in [0.1, 0.15) is 30.5 Å². The highest BCUT2D eigenvalue weighted by molar-refractivity contribution is 6.39. The molecule has 462 valence electrons. The lowest BCUT2D eigenvalue weighted by Crippen LogP contribution is -2.61. The Kier molecular flexibility index (Phi) is 31.5. The maximum Gasteiger partial charge on any atom is 0.407 e. The van der Waals surface area contributed by atoms with Gasteiger partial charge < -0.3 is 73.9 Å². The summed E-state index contributed by atoms with van der Waals surface area (Å²) in [4.78, 5) is 70.8. The number of methoxy groups -OCH3 is 2. The normalized spacial score (nSPS) is 34.6. The number of carbonyl (C=O) groups excluding carboxylic acids is 5. The number of fused-ring (bicyclic) bond motifs is 3. The Morgan fingerprint density at radius 2 is 1.44 bits per heavy atom. The van der Waals surface area contributed by atoms with Gasteiger partial charge in [-0.25, -0.2) is 9.59 Å². The van der Waals surface area contributed by atoms with E-state index in [1.165, 1.54) is 4.90 Å². The average molecular weight is 1150 g/mol. The number of piperidine rings is 1. The van der Waals surface area contributed by atoms with E-state index in [1.54, 1.807) is 41.1 Å². The minimum absolute atomic E-state index is 0.0123. The third-order valence-corrected chi connectivity index (χ3v) is 16.2. The Bertz CT molecular complexity index is 2050. The van der Waals surface area contributed by atoms with Crippen LogP contribution in [0.2, 0.25) is 0 Å². The summed E-state index contributed by atoms with van der Waals surface area (Å²) in [6, 6.07) is -1.84. The first-order valence-corrected chi connectivity index (χ1v) is 29.9. The van der Waals surface area contributed by atoms with Gasteiger partial charge >= 0.3 is 12.1 Å². The molecule has 81 heavy (non-hydrogen) atoms. The fraction of sp³-hybridized carbons (Fsp3) is 0.787. The molecule has 3 aliphatic heterocycles. The predicted octanol–water partition coefficient (Wildman–Crippen LogP) is 6.25. The van der Waals surface area contributed by atoms with Gasteiger partial charge in [-0.3, -0.25) is 14.4 Å². The first-order chi connectivity index (χ1) is 38.7. The standard InChI is InChI=1S/C61H101N3O17/c1-10-27-75-29-31-77-33-34-78-32-30-76-28-25-63-60(71)80-51-24-21-46(38-53(51)74-9)37-48(62)50-23-19-41(3)36-44(6)55(66)56(67)54(65)43(5)35-40(2)16-12-11-13-17-42(4)52(73-8)39-47-22-20-45(7)61(72,81-47)57(68)58(69)64-26-15-14-18-49(64)59(70)79-50/h11-13,16-17,36,40-41,43,45-53,55-56,66-67,72H,10,14-15,18-35,37-39,62H2,1-9H3,(H,63,71)/b13-11+,16-12+,42-17+,44-36+/t40-,41+,43-,45-,46+,47+,48-,49+,50+,51-,52+,53-,55-,56+,61-/m1/s1. The Balaban J connectivity index is 1.47. The molecule has 2 amide bonds. The number of ketones is 2. The Morgan fingerprint density at radius 3 is 2.11 bits per heavy atom. The highest BCUT2D eigenvalue weighted by atomic mass is 16.6. The van der Waals surface area contributed by atoms with Crippen LogP contribution in [0.4, 0.5) is 4.79 Å². The number of carbonyl (C=O) groups is 5. The SMILES string of the molecule is CCCOCCOCCOCCOCCNC(=O)O[C@@H]1CC[C@@H](C[C@@H](N)[C@@H]2CC[C@H](C)/C=C(\C)[C@@H](O)[C@@H](O)C(=O)[C@H](C)C[C@H](C)/C=C/C=C/C=C(\C)[C@@H](OC)C[C@@H]3CC[C@@H](C)[C@@](O)(O3)C(=O)C(=O)N3CCCC[C@H]3C(=O)O2)C[C@H]1OC. The largest absolute Gasteiger partial charge is 0.459 e. The van der Waals surface area contributed by atoms with Gasteiger partial charge in [-0.1, -0.05) is 71.1 Å². The van der Waals surface area contributed by atoms with Crippen molar-refractivity contribution in [2.75, 3.05) is 80.2 Å². The molecule has 0 spiro atoms. The minimum Gasteiger partial charge on any atom is -0.459 e. The van der Waals surface area contributed by atoms with E-state index in [0.29, 0.717) is 116 Å². The number of amides is 2. The molecule has 0 unspecified atom stereocenters. The van der Waals surface area contributed by atoms with E-state index >= 15 is 0 Å². The zero-order chi connectivity index (χ0) is 59.5. The van der Waals surface area contributed by atoms with E-state index < -0.39 is 102 Å². The molecule has 0 aromatic rings. The summed E-state index contributed by atoms with van der Waals surface area (Å²) in [5.41, 5.74) is 8.33. The summed E-state index contributed by atoms with van der Waals surface area (Å²) in [6.07, 6.45) is 11.4. The van der Waals surface area contributed by atoms with Crippen LogP contribution < -0.4 is 11.1 Å². The second-order valence-corrected chi connectivity index (χ2v) is 22.9. The monoisotopic (exact) mass is 1150 g/mol. The van der Waals surface area contributed by atoms with Crippen molar-refractivity contribution in [1.82, 2.24) is 10.2 Å². The Labute approximate surface area is 482 Å². The molecule has 4 rings (SSSR count). The number of alkyl carbamates (subject to hydrolysis) is 1. The second kappa shape index (κ2) is 36.7. The molecular weight excluding hydrogens is 1050 g/mol. The predicted molar refractivity (Wildman–Crippen MR) is 305 cm³/mol. The summed E-state index contributed by atoms with van der Waals surface area (Å²) in [6.45, 7) is 17.0. The van der Waals surface area contributed by atoms with Crippen LogP contribution in [-0.4, -0.2) is 191 Å². The van der Waals surface area contributed by atoms with Crippen LogP contribution in [0.5, 0.6) is 0 Å². The molecule has 20 nitrogen and oxygen atoms in total. The van der Waals surface area contributed by atoms with Gasteiger partial charge in [0, 0.05) is 58.2 Å². The molecule has 0 radical (unpaired) electrons. The highest BCUT2D eigenvalue weighted by Gasteiger charge is 2.53. The van der Waals surface area contributed by atoms with Gasteiger partial charge in [0.15, 0.2) is 5.78 Å². The maximum absolute atomic E-state index is 14.5. The number of hydrogen-bond acceptors (Lipinski definition) is 18. The third-order valence-electron chi connectivity index (χ3n) is 16.2. The number of aliphatic hydroxyl groups excluding tert-OH is 2. The lowest BCUT2D eigenvalue weighted by atomic mass is 9.80. The summed E-state index contributed by atoms with van der Waals surface area (Å²) < 4.78 is 52.0. The van der Waals surface area contributed by atoms with Crippen LogP contribution in [0, 0.1) is 29.6 Å². The number of aliphatic hydroxyl groups is 3.